The number of halogens is 7. The molecule has 2 nitrogen and oxygen atoms in total. The number of ether oxygens (including phenoxy) is 1. The average molecular weight is 400 g/mol. The quantitative estimate of drug-likeness (QED) is 0.721. The van der Waals surface area contributed by atoms with Crippen LogP contribution in [0.3, 0.4) is 0 Å². The molecule has 0 saturated heterocycles. The Morgan fingerprint density at radius 2 is 1.71 bits per heavy atom. The zero-order valence-electron chi connectivity index (χ0n) is 10.6. The second-order valence-corrected chi connectivity index (χ2v) is 6.73. The highest BCUT2D eigenvalue weighted by Crippen LogP contribution is 2.41. The molecule has 0 fully saturated rings. The van der Waals surface area contributed by atoms with E-state index in [9.17, 15) is 26.3 Å². The van der Waals surface area contributed by atoms with Crippen LogP contribution in [0.15, 0.2) is 15.9 Å². The maximum atomic E-state index is 12.6. The molecule has 0 spiro atoms. The van der Waals surface area contributed by atoms with Crippen LogP contribution in [0, 0.1) is 0 Å². The van der Waals surface area contributed by atoms with Crippen molar-refractivity contribution in [2.24, 2.45) is 5.73 Å². The number of thiophene rings is 1. The van der Waals surface area contributed by atoms with E-state index >= 15 is 0 Å². The van der Waals surface area contributed by atoms with E-state index < -0.39 is 30.6 Å². The lowest BCUT2D eigenvalue weighted by molar-refractivity contribution is -0.333. The Bertz CT molecular complexity index is 446. The van der Waals surface area contributed by atoms with Gasteiger partial charge < -0.3 is 10.5 Å². The molecule has 0 aromatic carbocycles. The van der Waals surface area contributed by atoms with Crippen LogP contribution in [-0.4, -0.2) is 24.5 Å². The summed E-state index contributed by atoms with van der Waals surface area (Å²) in [6.07, 6.45) is -16.3. The Labute approximate surface area is 129 Å². The minimum absolute atomic E-state index is 0.169. The zero-order chi connectivity index (χ0) is 16.4. The van der Waals surface area contributed by atoms with Crippen molar-refractivity contribution >= 4 is 27.3 Å². The van der Waals surface area contributed by atoms with E-state index in [2.05, 4.69) is 20.7 Å². The summed E-state index contributed by atoms with van der Waals surface area (Å²) in [7, 11) is 0. The summed E-state index contributed by atoms with van der Waals surface area (Å²) in [5.74, 6) is 0. The van der Waals surface area contributed by atoms with Crippen molar-refractivity contribution in [2.45, 2.75) is 43.9 Å². The summed E-state index contributed by atoms with van der Waals surface area (Å²) in [6, 6.07) is 1.91. The molecule has 0 saturated carbocycles. The van der Waals surface area contributed by atoms with Gasteiger partial charge in [-0.1, -0.05) is 6.92 Å². The topological polar surface area (TPSA) is 35.2 Å². The van der Waals surface area contributed by atoms with Gasteiger partial charge in [-0.2, -0.15) is 26.3 Å². The van der Waals surface area contributed by atoms with E-state index in [1.54, 1.807) is 6.92 Å². The molecule has 1 heterocycles. The lowest BCUT2D eigenvalue weighted by atomic mass is 10.1. The fourth-order valence-corrected chi connectivity index (χ4v) is 3.10. The van der Waals surface area contributed by atoms with Crippen molar-refractivity contribution < 1.29 is 31.1 Å². The third-order valence-corrected chi connectivity index (χ3v) is 4.30. The highest BCUT2D eigenvalue weighted by molar-refractivity contribution is 9.11. The van der Waals surface area contributed by atoms with Crippen LogP contribution < -0.4 is 5.73 Å². The van der Waals surface area contributed by atoms with Gasteiger partial charge >= 0.3 is 12.4 Å². The highest BCUT2D eigenvalue weighted by Gasteiger charge is 2.59. The van der Waals surface area contributed by atoms with Crippen LogP contribution >= 0.6 is 27.3 Å². The summed E-state index contributed by atoms with van der Waals surface area (Å²) in [4.78, 5) is 0.203. The van der Waals surface area contributed by atoms with Crippen LogP contribution in [0.2, 0.25) is 0 Å². The first kappa shape index (κ1) is 18.7. The Morgan fingerprint density at radius 3 is 2.05 bits per heavy atom. The van der Waals surface area contributed by atoms with E-state index in [0.717, 1.165) is 11.3 Å². The Kier molecular flexibility index (Phi) is 6.10. The molecule has 2 N–H and O–H groups in total. The summed E-state index contributed by atoms with van der Waals surface area (Å²) in [5, 5.41) is 0. The number of hydrogen-bond donors (Lipinski definition) is 1. The lowest BCUT2D eigenvalue weighted by Crippen LogP contribution is -2.47. The number of rotatable bonds is 5. The van der Waals surface area contributed by atoms with E-state index in [1.165, 1.54) is 12.1 Å². The molecule has 122 valence electrons. The molecule has 1 aromatic heterocycles. The highest BCUT2D eigenvalue weighted by atomic mass is 79.9. The van der Waals surface area contributed by atoms with E-state index in [1.807, 2.05) is 0 Å². The second kappa shape index (κ2) is 6.84. The van der Waals surface area contributed by atoms with Crippen molar-refractivity contribution in [3.63, 3.8) is 0 Å². The Balaban J connectivity index is 3.10. The number of nitrogens with two attached hydrogens (primary N) is 1. The van der Waals surface area contributed by atoms with Gasteiger partial charge in [0.25, 0.3) is 0 Å². The van der Waals surface area contributed by atoms with Gasteiger partial charge in [0, 0.05) is 10.9 Å². The minimum atomic E-state index is -5.56. The van der Waals surface area contributed by atoms with Crippen molar-refractivity contribution in [2.75, 3.05) is 0 Å². The van der Waals surface area contributed by atoms with Crippen LogP contribution in [0.4, 0.5) is 26.3 Å². The van der Waals surface area contributed by atoms with Crippen LogP contribution in [0.5, 0.6) is 0 Å². The number of hydrogen-bond acceptors (Lipinski definition) is 3. The van der Waals surface area contributed by atoms with E-state index in [-0.39, 0.29) is 11.3 Å². The summed E-state index contributed by atoms with van der Waals surface area (Å²) < 4.78 is 80.3. The van der Waals surface area contributed by atoms with Crippen LogP contribution in [0.1, 0.15) is 24.3 Å². The largest absolute Gasteiger partial charge is 0.423 e. The lowest BCUT2D eigenvalue weighted by Gasteiger charge is -2.30. The molecule has 2 atom stereocenters. The van der Waals surface area contributed by atoms with Gasteiger partial charge in [0.05, 0.1) is 3.79 Å². The smallest absolute Gasteiger partial charge is 0.350 e. The van der Waals surface area contributed by atoms with Gasteiger partial charge in [0.2, 0.25) is 6.10 Å². The first-order valence-electron chi connectivity index (χ1n) is 5.76. The standard InChI is InChI=1S/C11H12BrF6NOS/c1-2-5(19)8(6-3-4-7(12)21-6)20-9(10(13,14)15)11(16,17)18/h3-5,8-9H,2,19H2,1H3. The maximum Gasteiger partial charge on any atom is 0.423 e. The third kappa shape index (κ3) is 5.11. The predicted octanol–water partition coefficient (Wildman–Crippen LogP) is 4.80. The van der Waals surface area contributed by atoms with Crippen molar-refractivity contribution in [3.8, 4) is 0 Å². The monoisotopic (exact) mass is 399 g/mol. The van der Waals surface area contributed by atoms with E-state index in [4.69, 9.17) is 5.73 Å². The van der Waals surface area contributed by atoms with Crippen molar-refractivity contribution in [1.82, 2.24) is 0 Å². The molecule has 0 amide bonds. The van der Waals surface area contributed by atoms with Gasteiger partial charge in [0.15, 0.2) is 0 Å². The Morgan fingerprint density at radius 1 is 1.19 bits per heavy atom. The first-order chi connectivity index (χ1) is 9.46. The third-order valence-electron chi connectivity index (χ3n) is 2.61. The van der Waals surface area contributed by atoms with Gasteiger partial charge in [-0.15, -0.1) is 11.3 Å². The molecule has 0 aliphatic carbocycles. The van der Waals surface area contributed by atoms with Crippen molar-refractivity contribution in [3.05, 3.63) is 20.8 Å². The summed E-state index contributed by atoms with van der Waals surface area (Å²) in [5.41, 5.74) is 5.63. The zero-order valence-corrected chi connectivity index (χ0v) is 13.0. The normalized spacial score (nSPS) is 16.3. The summed E-state index contributed by atoms with van der Waals surface area (Å²) in [6.45, 7) is 1.56. The van der Waals surface area contributed by atoms with Gasteiger partial charge in [0.1, 0.15) is 6.10 Å². The molecule has 21 heavy (non-hydrogen) atoms. The fourth-order valence-electron chi connectivity index (χ4n) is 1.56. The van der Waals surface area contributed by atoms with Gasteiger partial charge in [-0.3, -0.25) is 0 Å². The van der Waals surface area contributed by atoms with Gasteiger partial charge in [-0.25, -0.2) is 0 Å². The predicted molar refractivity (Wildman–Crippen MR) is 70.0 cm³/mol. The molecule has 1 aromatic rings. The van der Waals surface area contributed by atoms with Crippen LogP contribution in [0.25, 0.3) is 0 Å². The fraction of sp³-hybridized carbons (Fsp3) is 0.636. The van der Waals surface area contributed by atoms with Crippen molar-refractivity contribution in [1.29, 1.82) is 0 Å². The molecule has 10 heteroatoms. The average Bonchev–Trinajstić information content (AvgIpc) is 2.72. The first-order valence-corrected chi connectivity index (χ1v) is 7.37. The molecule has 0 aliphatic heterocycles. The molecular formula is C11H12BrF6NOS. The molecule has 0 aliphatic rings. The van der Waals surface area contributed by atoms with E-state index in [0.29, 0.717) is 3.79 Å². The SMILES string of the molecule is CCC(N)C(OC(C(F)(F)F)C(F)(F)F)c1ccc(Br)s1. The molecule has 0 bridgehead atoms. The molecule has 0 radical (unpaired) electrons. The summed E-state index contributed by atoms with van der Waals surface area (Å²) >= 11 is 4.07. The maximum absolute atomic E-state index is 12.6. The molecule has 2 unspecified atom stereocenters. The second-order valence-electron chi connectivity index (χ2n) is 4.23. The molecule has 1 rings (SSSR count). The molecular weight excluding hydrogens is 388 g/mol. The van der Waals surface area contributed by atoms with Gasteiger partial charge in [-0.05, 0) is 34.5 Å². The van der Waals surface area contributed by atoms with Crippen LogP contribution in [-0.2, 0) is 4.74 Å². The number of alkyl halides is 6. The minimum Gasteiger partial charge on any atom is -0.350 e. The Hall–Kier alpha value is -0.320.